The number of ether oxygens (including phenoxy) is 2. The van der Waals surface area contributed by atoms with Gasteiger partial charge in [-0.05, 0) is 36.6 Å². The number of aromatic nitrogens is 1. The first-order valence-corrected chi connectivity index (χ1v) is 7.78. The van der Waals surface area contributed by atoms with E-state index in [-0.39, 0.29) is 12.1 Å². The number of benzene rings is 1. The number of rotatable bonds is 2. The molecule has 4 rings (SSSR count). The third kappa shape index (κ3) is 2.32. The van der Waals surface area contributed by atoms with Crippen LogP contribution in [-0.2, 0) is 17.7 Å². The predicted octanol–water partition coefficient (Wildman–Crippen LogP) is 2.88. The maximum absolute atomic E-state index is 11.9. The van der Waals surface area contributed by atoms with Crippen LogP contribution >= 0.6 is 0 Å². The summed E-state index contributed by atoms with van der Waals surface area (Å²) in [6.07, 6.45) is 0.795. The van der Waals surface area contributed by atoms with Crippen molar-refractivity contribution >= 4 is 11.8 Å². The summed E-state index contributed by atoms with van der Waals surface area (Å²) < 4.78 is 10.5. The van der Waals surface area contributed by atoms with Crippen molar-refractivity contribution < 1.29 is 14.3 Å². The number of fused-ring (bicyclic) bond motifs is 2. The lowest BCUT2D eigenvalue weighted by Gasteiger charge is -2.30. The van der Waals surface area contributed by atoms with E-state index >= 15 is 0 Å². The van der Waals surface area contributed by atoms with Crippen molar-refractivity contribution in [2.24, 2.45) is 0 Å². The lowest BCUT2D eigenvalue weighted by molar-refractivity contribution is 0.0422. The second kappa shape index (κ2) is 5.26. The molecule has 0 radical (unpaired) electrons. The summed E-state index contributed by atoms with van der Waals surface area (Å²) in [5.41, 5.74) is 4.19. The molecule has 0 saturated carbocycles. The summed E-state index contributed by atoms with van der Waals surface area (Å²) in [6, 6.07) is 9.89. The molecule has 0 amide bonds. The minimum Gasteiger partial charge on any atom is -0.481 e. The Morgan fingerprint density at radius 1 is 1.30 bits per heavy atom. The first kappa shape index (κ1) is 14.1. The number of anilines is 1. The molecule has 0 saturated heterocycles. The van der Waals surface area contributed by atoms with E-state index in [9.17, 15) is 4.79 Å². The number of hydrogen-bond donors (Lipinski definition) is 0. The Morgan fingerprint density at radius 2 is 2.17 bits per heavy atom. The maximum atomic E-state index is 11.9. The maximum Gasteiger partial charge on any atom is 0.339 e. The van der Waals surface area contributed by atoms with Crippen LogP contribution < -0.4 is 9.64 Å². The van der Waals surface area contributed by atoms with Crippen LogP contribution in [0, 0.1) is 0 Å². The van der Waals surface area contributed by atoms with E-state index in [0.29, 0.717) is 11.4 Å². The van der Waals surface area contributed by atoms with Crippen molar-refractivity contribution in [3.05, 3.63) is 52.6 Å². The summed E-state index contributed by atoms with van der Waals surface area (Å²) in [4.78, 5) is 18.6. The zero-order valence-corrected chi connectivity index (χ0v) is 13.2. The van der Waals surface area contributed by atoms with Crippen LogP contribution in [-0.4, -0.2) is 24.6 Å². The van der Waals surface area contributed by atoms with E-state index in [1.807, 2.05) is 31.2 Å². The van der Waals surface area contributed by atoms with Gasteiger partial charge >= 0.3 is 5.97 Å². The highest BCUT2D eigenvalue weighted by Gasteiger charge is 2.30. The fourth-order valence-corrected chi connectivity index (χ4v) is 3.32. The third-order valence-corrected chi connectivity index (χ3v) is 4.57. The molecule has 0 fully saturated rings. The molecule has 0 N–H and O–H groups in total. The van der Waals surface area contributed by atoms with Gasteiger partial charge in [-0.25, -0.2) is 4.79 Å². The molecule has 1 aromatic heterocycles. The quantitative estimate of drug-likeness (QED) is 0.798. The molecular formula is C18H18N2O3. The second-order valence-electron chi connectivity index (χ2n) is 5.97. The van der Waals surface area contributed by atoms with Gasteiger partial charge in [0.25, 0.3) is 0 Å². The molecule has 2 aliphatic heterocycles. The van der Waals surface area contributed by atoms with Crippen molar-refractivity contribution in [2.75, 3.05) is 18.6 Å². The standard InChI is InChI=1S/C18H18N2O3/c1-11-14-8-12-6-7-20(16-4-3-5-17(19-16)22-2)10-13(12)9-15(14)18(21)23-11/h3-5,8-9,11H,6-7,10H2,1-2H3. The van der Waals surface area contributed by atoms with Crippen LogP contribution in [0.25, 0.3) is 0 Å². The van der Waals surface area contributed by atoms with E-state index in [0.717, 1.165) is 30.9 Å². The normalized spacial score (nSPS) is 19.1. The number of carbonyl (C=O) groups is 1. The van der Waals surface area contributed by atoms with Gasteiger partial charge < -0.3 is 14.4 Å². The van der Waals surface area contributed by atoms with Gasteiger partial charge in [0.15, 0.2) is 0 Å². The average molecular weight is 310 g/mol. The summed E-state index contributed by atoms with van der Waals surface area (Å²) in [5.74, 6) is 1.29. The van der Waals surface area contributed by atoms with Gasteiger partial charge in [0.2, 0.25) is 5.88 Å². The lowest BCUT2D eigenvalue weighted by atomic mass is 9.93. The molecular weight excluding hydrogens is 292 g/mol. The SMILES string of the molecule is COc1cccc(N2CCc3cc4c(cc3C2)C(=O)OC4C)n1. The van der Waals surface area contributed by atoms with Gasteiger partial charge in [0.1, 0.15) is 11.9 Å². The Bertz CT molecular complexity index is 788. The van der Waals surface area contributed by atoms with Gasteiger partial charge in [-0.1, -0.05) is 12.1 Å². The van der Waals surface area contributed by atoms with Crippen molar-refractivity contribution in [3.8, 4) is 5.88 Å². The van der Waals surface area contributed by atoms with Gasteiger partial charge in [-0.15, -0.1) is 0 Å². The number of carbonyl (C=O) groups excluding carboxylic acids is 1. The molecule has 2 aromatic rings. The Morgan fingerprint density at radius 3 is 3.00 bits per heavy atom. The zero-order chi connectivity index (χ0) is 16.0. The van der Waals surface area contributed by atoms with E-state index in [4.69, 9.17) is 9.47 Å². The van der Waals surface area contributed by atoms with Crippen LogP contribution in [0.3, 0.4) is 0 Å². The van der Waals surface area contributed by atoms with E-state index in [1.54, 1.807) is 7.11 Å². The summed E-state index contributed by atoms with van der Waals surface area (Å²) in [5, 5.41) is 0. The number of esters is 1. The topological polar surface area (TPSA) is 51.7 Å². The van der Waals surface area contributed by atoms with Gasteiger partial charge in [-0.3, -0.25) is 0 Å². The molecule has 1 aromatic carbocycles. The first-order chi connectivity index (χ1) is 11.2. The molecule has 1 unspecified atom stereocenters. The highest BCUT2D eigenvalue weighted by Crippen LogP contribution is 2.35. The average Bonchev–Trinajstić information content (AvgIpc) is 2.86. The van der Waals surface area contributed by atoms with Crippen LogP contribution in [0.15, 0.2) is 30.3 Å². The van der Waals surface area contributed by atoms with E-state index < -0.39 is 0 Å². The summed E-state index contributed by atoms with van der Waals surface area (Å²) >= 11 is 0. The fourth-order valence-electron chi connectivity index (χ4n) is 3.32. The largest absolute Gasteiger partial charge is 0.481 e. The van der Waals surface area contributed by atoms with Gasteiger partial charge in [0, 0.05) is 24.7 Å². The van der Waals surface area contributed by atoms with Crippen molar-refractivity contribution in [1.29, 1.82) is 0 Å². The van der Waals surface area contributed by atoms with Crippen LogP contribution in [0.4, 0.5) is 5.82 Å². The van der Waals surface area contributed by atoms with Gasteiger partial charge in [-0.2, -0.15) is 4.98 Å². The summed E-state index contributed by atoms with van der Waals surface area (Å²) in [6.45, 7) is 3.56. The number of methoxy groups -OCH3 is 1. The Labute approximate surface area is 134 Å². The van der Waals surface area contributed by atoms with Crippen molar-refractivity contribution in [2.45, 2.75) is 26.0 Å². The molecule has 5 nitrogen and oxygen atoms in total. The van der Waals surface area contributed by atoms with Crippen LogP contribution in [0.5, 0.6) is 5.88 Å². The monoisotopic (exact) mass is 310 g/mol. The molecule has 0 bridgehead atoms. The molecule has 0 aliphatic carbocycles. The number of pyridine rings is 1. The smallest absolute Gasteiger partial charge is 0.339 e. The summed E-state index contributed by atoms with van der Waals surface area (Å²) in [7, 11) is 1.62. The number of hydrogen-bond acceptors (Lipinski definition) is 5. The van der Waals surface area contributed by atoms with Crippen LogP contribution in [0.1, 0.15) is 40.1 Å². The molecule has 2 aliphatic rings. The molecule has 0 spiro atoms. The Balaban J connectivity index is 1.67. The minimum atomic E-state index is -0.216. The molecule has 1 atom stereocenters. The van der Waals surface area contributed by atoms with E-state index in [2.05, 4.69) is 16.0 Å². The van der Waals surface area contributed by atoms with Crippen LogP contribution in [0.2, 0.25) is 0 Å². The minimum absolute atomic E-state index is 0.138. The Hall–Kier alpha value is -2.56. The molecule has 3 heterocycles. The zero-order valence-electron chi connectivity index (χ0n) is 13.2. The molecule has 5 heteroatoms. The number of cyclic esters (lactones) is 1. The van der Waals surface area contributed by atoms with Crippen molar-refractivity contribution in [1.82, 2.24) is 4.98 Å². The van der Waals surface area contributed by atoms with E-state index in [1.165, 1.54) is 11.1 Å². The molecule has 23 heavy (non-hydrogen) atoms. The highest BCUT2D eigenvalue weighted by molar-refractivity contribution is 5.94. The highest BCUT2D eigenvalue weighted by atomic mass is 16.5. The lowest BCUT2D eigenvalue weighted by Crippen LogP contribution is -2.31. The number of nitrogens with zero attached hydrogens (tertiary/aromatic N) is 2. The van der Waals surface area contributed by atoms with Gasteiger partial charge in [0.05, 0.1) is 12.7 Å². The fraction of sp³-hybridized carbons (Fsp3) is 0.333. The Kier molecular flexibility index (Phi) is 3.22. The third-order valence-electron chi connectivity index (χ3n) is 4.57. The predicted molar refractivity (Wildman–Crippen MR) is 85.8 cm³/mol. The van der Waals surface area contributed by atoms with Crippen molar-refractivity contribution in [3.63, 3.8) is 0 Å². The molecule has 118 valence electrons. The first-order valence-electron chi connectivity index (χ1n) is 7.78. The second-order valence-corrected chi connectivity index (χ2v) is 5.97.